The largest absolute Gasteiger partial charge is 0.434 e. The highest BCUT2D eigenvalue weighted by Crippen LogP contribution is 2.33. The average molecular weight is 300 g/mol. The van der Waals surface area contributed by atoms with E-state index in [2.05, 4.69) is 15.0 Å². The number of H-pyrrole nitrogens is 1. The number of aromatic amines is 1. The first-order chi connectivity index (χ1) is 10.5. The van der Waals surface area contributed by atoms with E-state index in [1.807, 2.05) is 6.07 Å². The molecule has 2 aromatic heterocycles. The first-order valence-electron chi connectivity index (χ1n) is 6.38. The van der Waals surface area contributed by atoms with Crippen LogP contribution in [0.4, 0.5) is 8.78 Å². The van der Waals surface area contributed by atoms with Crippen molar-refractivity contribution in [3.63, 3.8) is 0 Å². The highest BCUT2D eigenvalue weighted by molar-refractivity contribution is 5.83. The summed E-state index contributed by atoms with van der Waals surface area (Å²) in [5.74, 6) is -1.82. The number of nitrogens with one attached hydrogen (secondary N) is 1. The maximum Gasteiger partial charge on any atom is 0.240 e. The van der Waals surface area contributed by atoms with Gasteiger partial charge in [0.2, 0.25) is 5.88 Å². The molecule has 0 bridgehead atoms. The third-order valence-corrected chi connectivity index (χ3v) is 3.22. The molecule has 0 unspecified atom stereocenters. The molecule has 5 nitrogen and oxygen atoms in total. The standard InChI is InChI=1S/C15H10F2N4O/c1-7-3-9-13(17)12(4-11(16)14(9)21-7)22-15-10(5-18)8(2)19-6-20-15/h3-4,6,21H,1-2H3. The zero-order valence-corrected chi connectivity index (χ0v) is 11.7. The molecule has 0 fully saturated rings. The summed E-state index contributed by atoms with van der Waals surface area (Å²) in [5.41, 5.74) is 1.17. The lowest BCUT2D eigenvalue weighted by Gasteiger charge is -2.09. The van der Waals surface area contributed by atoms with Crippen LogP contribution in [0.15, 0.2) is 18.5 Å². The maximum absolute atomic E-state index is 14.4. The van der Waals surface area contributed by atoms with E-state index in [1.54, 1.807) is 13.8 Å². The Morgan fingerprint density at radius 2 is 2.00 bits per heavy atom. The molecule has 2 heterocycles. The molecule has 3 rings (SSSR count). The molecular formula is C15H10F2N4O. The zero-order chi connectivity index (χ0) is 15.9. The molecular weight excluding hydrogens is 290 g/mol. The third-order valence-electron chi connectivity index (χ3n) is 3.22. The van der Waals surface area contributed by atoms with E-state index in [4.69, 9.17) is 10.00 Å². The second-order valence-electron chi connectivity index (χ2n) is 4.76. The minimum atomic E-state index is -0.721. The molecule has 3 aromatic rings. The molecule has 7 heteroatoms. The van der Waals surface area contributed by atoms with Crippen LogP contribution in [0.2, 0.25) is 0 Å². The lowest BCUT2D eigenvalue weighted by atomic mass is 10.2. The molecule has 0 atom stereocenters. The Hall–Kier alpha value is -3.01. The minimum absolute atomic E-state index is 0.0710. The topological polar surface area (TPSA) is 74.6 Å². The number of benzene rings is 1. The Balaban J connectivity index is 2.14. The van der Waals surface area contributed by atoms with E-state index in [0.717, 1.165) is 6.07 Å². The van der Waals surface area contributed by atoms with Gasteiger partial charge in [0.25, 0.3) is 0 Å². The molecule has 0 radical (unpaired) electrons. The summed E-state index contributed by atoms with van der Waals surface area (Å²) in [6.45, 7) is 3.30. The van der Waals surface area contributed by atoms with Gasteiger partial charge in [-0.3, -0.25) is 0 Å². The number of nitriles is 1. The van der Waals surface area contributed by atoms with Crippen molar-refractivity contribution in [2.24, 2.45) is 0 Å². The second-order valence-corrected chi connectivity index (χ2v) is 4.76. The lowest BCUT2D eigenvalue weighted by Crippen LogP contribution is -1.99. The van der Waals surface area contributed by atoms with E-state index in [0.29, 0.717) is 11.4 Å². The summed E-state index contributed by atoms with van der Waals surface area (Å²) in [6, 6.07) is 4.29. The number of halogens is 2. The third kappa shape index (κ3) is 2.15. The van der Waals surface area contributed by atoms with E-state index in [1.165, 1.54) is 12.4 Å². The van der Waals surface area contributed by atoms with E-state index in [-0.39, 0.29) is 28.1 Å². The molecule has 0 saturated heterocycles. The summed E-state index contributed by atoms with van der Waals surface area (Å²) < 4.78 is 33.8. The Morgan fingerprint density at radius 3 is 2.73 bits per heavy atom. The Bertz CT molecular complexity index is 927. The minimum Gasteiger partial charge on any atom is -0.434 e. The van der Waals surface area contributed by atoms with Crippen molar-refractivity contribution in [3.05, 3.63) is 47.0 Å². The van der Waals surface area contributed by atoms with Crippen molar-refractivity contribution in [3.8, 4) is 17.7 Å². The summed E-state index contributed by atoms with van der Waals surface area (Å²) in [6.07, 6.45) is 1.19. The van der Waals surface area contributed by atoms with Gasteiger partial charge in [-0.25, -0.2) is 18.7 Å². The van der Waals surface area contributed by atoms with Crippen molar-refractivity contribution < 1.29 is 13.5 Å². The molecule has 22 heavy (non-hydrogen) atoms. The van der Waals surface area contributed by atoms with Crippen molar-refractivity contribution in [2.75, 3.05) is 0 Å². The fourth-order valence-corrected chi connectivity index (χ4v) is 2.17. The van der Waals surface area contributed by atoms with Crippen molar-refractivity contribution >= 4 is 10.9 Å². The van der Waals surface area contributed by atoms with Gasteiger partial charge in [0.15, 0.2) is 17.4 Å². The summed E-state index contributed by atoms with van der Waals surface area (Å²) in [4.78, 5) is 10.4. The van der Waals surface area contributed by atoms with Gasteiger partial charge in [-0.2, -0.15) is 5.26 Å². The quantitative estimate of drug-likeness (QED) is 0.785. The predicted octanol–water partition coefficient (Wildman–Crippen LogP) is 3.52. The highest BCUT2D eigenvalue weighted by Gasteiger charge is 2.18. The van der Waals surface area contributed by atoms with E-state index in [9.17, 15) is 8.78 Å². The molecule has 0 saturated carbocycles. The van der Waals surface area contributed by atoms with Gasteiger partial charge in [-0.15, -0.1) is 0 Å². The highest BCUT2D eigenvalue weighted by atomic mass is 19.1. The molecule has 1 N–H and O–H groups in total. The molecule has 0 aliphatic carbocycles. The first kappa shape index (κ1) is 13.9. The fraction of sp³-hybridized carbons (Fsp3) is 0.133. The predicted molar refractivity (Wildman–Crippen MR) is 74.5 cm³/mol. The van der Waals surface area contributed by atoms with Crippen LogP contribution >= 0.6 is 0 Å². The smallest absolute Gasteiger partial charge is 0.240 e. The Labute approximate surface area is 124 Å². The van der Waals surface area contributed by atoms with Gasteiger partial charge < -0.3 is 9.72 Å². The van der Waals surface area contributed by atoms with Crippen LogP contribution in [-0.2, 0) is 0 Å². The van der Waals surface area contributed by atoms with Gasteiger partial charge in [-0.05, 0) is 19.9 Å². The summed E-state index contributed by atoms with van der Waals surface area (Å²) in [5, 5.41) is 9.17. The van der Waals surface area contributed by atoms with Crippen LogP contribution in [-0.4, -0.2) is 15.0 Å². The number of fused-ring (bicyclic) bond motifs is 1. The second kappa shape index (κ2) is 5.07. The fourth-order valence-electron chi connectivity index (χ4n) is 2.17. The average Bonchev–Trinajstić information content (AvgIpc) is 2.87. The molecule has 0 aliphatic heterocycles. The van der Waals surface area contributed by atoms with Crippen molar-refractivity contribution in [1.29, 1.82) is 5.26 Å². The number of hydrogen-bond acceptors (Lipinski definition) is 4. The van der Waals surface area contributed by atoms with Gasteiger partial charge in [0, 0.05) is 17.1 Å². The molecule has 0 amide bonds. The molecule has 1 aromatic carbocycles. The summed E-state index contributed by atoms with van der Waals surface area (Å²) in [7, 11) is 0. The Morgan fingerprint density at radius 1 is 1.23 bits per heavy atom. The number of aryl methyl sites for hydroxylation is 2. The van der Waals surface area contributed by atoms with Gasteiger partial charge in [0.05, 0.1) is 11.2 Å². The monoisotopic (exact) mass is 300 g/mol. The number of rotatable bonds is 2. The van der Waals surface area contributed by atoms with Gasteiger partial charge in [0.1, 0.15) is 18.0 Å². The van der Waals surface area contributed by atoms with Crippen LogP contribution in [0.3, 0.4) is 0 Å². The van der Waals surface area contributed by atoms with Crippen LogP contribution < -0.4 is 4.74 Å². The zero-order valence-electron chi connectivity index (χ0n) is 11.7. The number of ether oxygens (including phenoxy) is 1. The number of aromatic nitrogens is 3. The van der Waals surface area contributed by atoms with Crippen molar-refractivity contribution in [2.45, 2.75) is 13.8 Å². The van der Waals surface area contributed by atoms with Crippen LogP contribution in [0.1, 0.15) is 17.0 Å². The van der Waals surface area contributed by atoms with Crippen LogP contribution in [0.5, 0.6) is 11.6 Å². The summed E-state index contributed by atoms with van der Waals surface area (Å²) >= 11 is 0. The number of nitrogens with zero attached hydrogens (tertiary/aromatic N) is 3. The SMILES string of the molecule is Cc1cc2c(F)c(Oc3ncnc(C)c3C#N)cc(F)c2[nH]1. The van der Waals surface area contributed by atoms with Gasteiger partial charge in [-0.1, -0.05) is 0 Å². The van der Waals surface area contributed by atoms with Crippen LogP contribution in [0, 0.1) is 36.8 Å². The van der Waals surface area contributed by atoms with Crippen molar-refractivity contribution in [1.82, 2.24) is 15.0 Å². The molecule has 110 valence electrons. The van der Waals surface area contributed by atoms with E-state index >= 15 is 0 Å². The lowest BCUT2D eigenvalue weighted by molar-refractivity contribution is 0.423. The first-order valence-corrected chi connectivity index (χ1v) is 6.38. The maximum atomic E-state index is 14.4. The normalized spacial score (nSPS) is 10.7. The van der Waals surface area contributed by atoms with Gasteiger partial charge >= 0.3 is 0 Å². The number of hydrogen-bond donors (Lipinski definition) is 1. The molecule has 0 aliphatic rings. The van der Waals surface area contributed by atoms with Crippen LogP contribution in [0.25, 0.3) is 10.9 Å². The van der Waals surface area contributed by atoms with E-state index < -0.39 is 11.6 Å². The molecule has 0 spiro atoms. The Kier molecular flexibility index (Phi) is 3.22.